The van der Waals surface area contributed by atoms with E-state index in [4.69, 9.17) is 4.74 Å². The van der Waals surface area contributed by atoms with Crippen LogP contribution in [0.1, 0.15) is 29.7 Å². The summed E-state index contributed by atoms with van der Waals surface area (Å²) in [7, 11) is 1.66. The fourth-order valence-corrected chi connectivity index (χ4v) is 3.51. The largest absolute Gasteiger partial charge is 0.416 e. The molecule has 0 spiro atoms. The second kappa shape index (κ2) is 9.26. The van der Waals surface area contributed by atoms with Crippen LogP contribution in [-0.2, 0) is 22.9 Å². The highest BCUT2D eigenvalue weighted by atomic mass is 19.4. The molecule has 3 rings (SSSR count). The molecule has 1 saturated heterocycles. The molecule has 1 aromatic carbocycles. The van der Waals surface area contributed by atoms with E-state index >= 15 is 0 Å². The van der Waals surface area contributed by atoms with Crippen LogP contribution in [0, 0.1) is 0 Å². The molecule has 0 radical (unpaired) electrons. The van der Waals surface area contributed by atoms with Crippen molar-refractivity contribution in [2.45, 2.75) is 31.0 Å². The Hall–Kier alpha value is -2.61. The van der Waals surface area contributed by atoms with Gasteiger partial charge in [-0.05, 0) is 36.6 Å². The normalized spacial score (nSPS) is 17.0. The number of ether oxygens (including phenoxy) is 1. The van der Waals surface area contributed by atoms with Crippen molar-refractivity contribution in [1.82, 2.24) is 15.6 Å². The summed E-state index contributed by atoms with van der Waals surface area (Å²) in [6, 6.07) is 11.3. The summed E-state index contributed by atoms with van der Waals surface area (Å²) in [4.78, 5) is 8.49. The fraction of sp³-hybridized carbons (Fsp3) is 0.429. The van der Waals surface area contributed by atoms with Crippen molar-refractivity contribution < 1.29 is 17.9 Å². The van der Waals surface area contributed by atoms with Crippen LogP contribution in [0.4, 0.5) is 13.2 Å². The van der Waals surface area contributed by atoms with Crippen molar-refractivity contribution in [3.8, 4) is 0 Å². The molecule has 0 bridgehead atoms. The van der Waals surface area contributed by atoms with Crippen molar-refractivity contribution in [2.24, 2.45) is 4.99 Å². The average Bonchev–Trinajstić information content (AvgIpc) is 2.75. The Morgan fingerprint density at radius 2 is 1.93 bits per heavy atom. The molecule has 2 aromatic rings. The summed E-state index contributed by atoms with van der Waals surface area (Å²) < 4.78 is 45.1. The van der Waals surface area contributed by atoms with Crippen molar-refractivity contribution in [3.05, 3.63) is 65.5 Å². The third-order valence-corrected chi connectivity index (χ3v) is 5.23. The summed E-state index contributed by atoms with van der Waals surface area (Å²) in [5.41, 5.74) is 0.457. The van der Waals surface area contributed by atoms with E-state index in [1.807, 2.05) is 18.2 Å². The molecule has 1 aliphatic rings. The monoisotopic (exact) mass is 406 g/mol. The first-order chi connectivity index (χ1) is 13.9. The van der Waals surface area contributed by atoms with E-state index in [9.17, 15) is 13.2 Å². The third kappa shape index (κ3) is 5.47. The Morgan fingerprint density at radius 3 is 2.59 bits per heavy atom. The molecule has 8 heteroatoms. The Labute approximate surface area is 168 Å². The predicted molar refractivity (Wildman–Crippen MR) is 106 cm³/mol. The molecule has 1 aliphatic heterocycles. The van der Waals surface area contributed by atoms with Gasteiger partial charge in [0.25, 0.3) is 0 Å². The van der Waals surface area contributed by atoms with Gasteiger partial charge in [-0.3, -0.25) is 9.98 Å². The van der Waals surface area contributed by atoms with E-state index in [0.29, 0.717) is 50.7 Å². The number of benzene rings is 1. The van der Waals surface area contributed by atoms with Crippen LogP contribution in [0.15, 0.2) is 53.7 Å². The van der Waals surface area contributed by atoms with Gasteiger partial charge in [-0.1, -0.05) is 24.3 Å². The lowest BCUT2D eigenvalue weighted by atomic mass is 9.73. The standard InChI is InChI=1S/C21H25F3N4O/c1-25-19(27-14-18-7-2-3-10-26-18)28-15-20(8-11-29-12-9-20)16-5-4-6-17(13-16)21(22,23)24/h2-7,10,13H,8-9,11-12,14-15H2,1H3,(H2,25,27,28). The molecule has 2 N–H and O–H groups in total. The molecule has 0 atom stereocenters. The summed E-state index contributed by atoms with van der Waals surface area (Å²) in [5.74, 6) is 0.577. The van der Waals surface area contributed by atoms with E-state index in [0.717, 1.165) is 11.8 Å². The molecule has 0 unspecified atom stereocenters. The van der Waals surface area contributed by atoms with E-state index in [-0.39, 0.29) is 0 Å². The van der Waals surface area contributed by atoms with Gasteiger partial charge in [-0.25, -0.2) is 0 Å². The molecule has 0 aliphatic carbocycles. The van der Waals surface area contributed by atoms with Crippen LogP contribution in [0.25, 0.3) is 0 Å². The first-order valence-corrected chi connectivity index (χ1v) is 9.53. The van der Waals surface area contributed by atoms with Gasteiger partial charge in [0.05, 0.1) is 17.8 Å². The highest BCUT2D eigenvalue weighted by molar-refractivity contribution is 5.79. The number of guanidine groups is 1. The molecular weight excluding hydrogens is 381 g/mol. The zero-order valence-electron chi connectivity index (χ0n) is 16.3. The van der Waals surface area contributed by atoms with Gasteiger partial charge in [-0.15, -0.1) is 0 Å². The summed E-state index contributed by atoms with van der Waals surface area (Å²) in [5, 5.41) is 6.48. The summed E-state index contributed by atoms with van der Waals surface area (Å²) >= 11 is 0. The second-order valence-corrected chi connectivity index (χ2v) is 7.07. The van der Waals surface area contributed by atoms with Crippen LogP contribution in [0.2, 0.25) is 0 Å². The van der Waals surface area contributed by atoms with Crippen molar-refractivity contribution in [2.75, 3.05) is 26.8 Å². The second-order valence-electron chi connectivity index (χ2n) is 7.07. The van der Waals surface area contributed by atoms with E-state index < -0.39 is 17.2 Å². The van der Waals surface area contributed by atoms with Crippen LogP contribution < -0.4 is 10.6 Å². The maximum atomic E-state index is 13.2. The quantitative estimate of drug-likeness (QED) is 0.589. The number of hydrogen-bond acceptors (Lipinski definition) is 3. The molecule has 1 fully saturated rings. The first kappa shape index (κ1) is 21.1. The Bertz CT molecular complexity index is 818. The van der Waals surface area contributed by atoms with Gasteiger partial charge >= 0.3 is 6.18 Å². The molecule has 29 heavy (non-hydrogen) atoms. The zero-order valence-corrected chi connectivity index (χ0v) is 16.3. The number of alkyl halides is 3. The van der Waals surface area contributed by atoms with Gasteiger partial charge in [0.15, 0.2) is 5.96 Å². The highest BCUT2D eigenvalue weighted by Gasteiger charge is 2.37. The number of hydrogen-bond donors (Lipinski definition) is 2. The number of nitrogens with one attached hydrogen (secondary N) is 2. The Balaban J connectivity index is 1.73. The zero-order chi connectivity index (χ0) is 20.7. The lowest BCUT2D eigenvalue weighted by molar-refractivity contribution is -0.137. The molecular formula is C21H25F3N4O. The lowest BCUT2D eigenvalue weighted by Gasteiger charge is -2.38. The van der Waals surface area contributed by atoms with Crippen LogP contribution >= 0.6 is 0 Å². The number of aliphatic imine (C=N–C) groups is 1. The van der Waals surface area contributed by atoms with Crippen molar-refractivity contribution >= 4 is 5.96 Å². The first-order valence-electron chi connectivity index (χ1n) is 9.53. The van der Waals surface area contributed by atoms with Crippen molar-refractivity contribution in [1.29, 1.82) is 0 Å². The number of halogens is 3. The smallest absolute Gasteiger partial charge is 0.381 e. The number of nitrogens with zero attached hydrogens (tertiary/aromatic N) is 2. The molecule has 0 amide bonds. The number of pyridine rings is 1. The minimum Gasteiger partial charge on any atom is -0.381 e. The maximum absolute atomic E-state index is 13.2. The molecule has 1 aromatic heterocycles. The number of rotatable bonds is 5. The van der Waals surface area contributed by atoms with Gasteiger partial charge < -0.3 is 15.4 Å². The van der Waals surface area contributed by atoms with Gasteiger partial charge in [0.2, 0.25) is 0 Å². The van der Waals surface area contributed by atoms with E-state index in [1.54, 1.807) is 19.3 Å². The fourth-order valence-electron chi connectivity index (χ4n) is 3.51. The summed E-state index contributed by atoms with van der Waals surface area (Å²) in [6.45, 7) is 1.98. The third-order valence-electron chi connectivity index (χ3n) is 5.23. The topological polar surface area (TPSA) is 58.5 Å². The minimum absolute atomic E-state index is 0.456. The molecule has 2 heterocycles. The summed E-state index contributed by atoms with van der Waals surface area (Å²) in [6.07, 6.45) is -1.37. The molecule has 0 saturated carbocycles. The predicted octanol–water partition coefficient (Wildman–Crippen LogP) is 3.51. The van der Waals surface area contributed by atoms with Crippen LogP contribution in [0.5, 0.6) is 0 Å². The lowest BCUT2D eigenvalue weighted by Crippen LogP contribution is -2.48. The minimum atomic E-state index is -4.37. The van der Waals surface area contributed by atoms with Gasteiger partial charge in [0, 0.05) is 38.4 Å². The SMILES string of the molecule is CN=C(NCc1ccccn1)NCC1(c2cccc(C(F)(F)F)c2)CCOCC1. The Morgan fingerprint density at radius 1 is 1.14 bits per heavy atom. The molecule has 156 valence electrons. The number of aromatic nitrogens is 1. The van der Waals surface area contributed by atoms with Gasteiger partial charge in [-0.2, -0.15) is 13.2 Å². The van der Waals surface area contributed by atoms with Crippen LogP contribution in [0.3, 0.4) is 0 Å². The molecule has 5 nitrogen and oxygen atoms in total. The van der Waals surface area contributed by atoms with Crippen LogP contribution in [-0.4, -0.2) is 37.7 Å². The maximum Gasteiger partial charge on any atom is 0.416 e. The van der Waals surface area contributed by atoms with Gasteiger partial charge in [0.1, 0.15) is 0 Å². The average molecular weight is 406 g/mol. The highest BCUT2D eigenvalue weighted by Crippen LogP contribution is 2.37. The van der Waals surface area contributed by atoms with E-state index in [1.165, 1.54) is 12.1 Å². The Kier molecular flexibility index (Phi) is 6.74. The van der Waals surface area contributed by atoms with E-state index in [2.05, 4.69) is 20.6 Å². The van der Waals surface area contributed by atoms with Crippen molar-refractivity contribution in [3.63, 3.8) is 0 Å².